The largest absolute Gasteiger partial charge is 0.103 e. The van der Waals surface area contributed by atoms with Crippen LogP contribution in [0.5, 0.6) is 0 Å². The Labute approximate surface area is 83.7 Å². The number of hydrogen-bond acceptors (Lipinski definition) is 0. The molecule has 0 aliphatic heterocycles. The Kier molecular flexibility index (Phi) is 5.77. The van der Waals surface area contributed by atoms with Crippen molar-refractivity contribution >= 4 is 0 Å². The Morgan fingerprint density at radius 1 is 1.23 bits per heavy atom. The molecule has 0 amide bonds. The highest BCUT2D eigenvalue weighted by molar-refractivity contribution is 5.00. The van der Waals surface area contributed by atoms with E-state index in [1.807, 2.05) is 6.08 Å². The second kappa shape index (κ2) is 6.01. The van der Waals surface area contributed by atoms with Crippen LogP contribution in [0, 0.1) is 5.41 Å². The molecular formula is C13H24. The summed E-state index contributed by atoms with van der Waals surface area (Å²) in [6.07, 6.45) is 9.15. The van der Waals surface area contributed by atoms with E-state index in [9.17, 15) is 0 Å². The molecule has 0 fully saturated rings. The predicted octanol–water partition coefficient (Wildman–Crippen LogP) is 4.73. The molecule has 0 radical (unpaired) electrons. The first-order chi connectivity index (χ1) is 5.95. The lowest BCUT2D eigenvalue weighted by Gasteiger charge is -2.18. The molecular weight excluding hydrogens is 156 g/mol. The van der Waals surface area contributed by atoms with Gasteiger partial charge in [0.2, 0.25) is 0 Å². The van der Waals surface area contributed by atoms with E-state index in [-0.39, 0.29) is 0 Å². The highest BCUT2D eigenvalue weighted by Gasteiger charge is 2.09. The molecule has 0 saturated heterocycles. The van der Waals surface area contributed by atoms with Crippen molar-refractivity contribution in [3.63, 3.8) is 0 Å². The molecule has 0 aliphatic rings. The topological polar surface area (TPSA) is 0 Å². The summed E-state index contributed by atoms with van der Waals surface area (Å²) in [5.74, 6) is 0. The van der Waals surface area contributed by atoms with Gasteiger partial charge < -0.3 is 0 Å². The summed E-state index contributed by atoms with van der Waals surface area (Å²) in [7, 11) is 0. The van der Waals surface area contributed by atoms with Gasteiger partial charge in [-0.3, -0.25) is 0 Å². The lowest BCUT2D eigenvalue weighted by atomic mass is 9.88. The smallest absolute Gasteiger partial charge is 0.0274 e. The molecule has 0 heteroatoms. The summed E-state index contributed by atoms with van der Waals surface area (Å²) in [4.78, 5) is 0. The van der Waals surface area contributed by atoms with Crippen LogP contribution in [0.4, 0.5) is 0 Å². The maximum Gasteiger partial charge on any atom is -0.0274 e. The summed E-state index contributed by atoms with van der Waals surface area (Å²) in [5, 5.41) is 0. The molecule has 0 N–H and O–H groups in total. The van der Waals surface area contributed by atoms with Crippen LogP contribution in [0.15, 0.2) is 24.3 Å². The molecule has 0 aromatic rings. The molecule has 0 aliphatic carbocycles. The molecule has 0 aromatic carbocycles. The van der Waals surface area contributed by atoms with E-state index in [0.29, 0.717) is 5.41 Å². The van der Waals surface area contributed by atoms with Crippen LogP contribution in [0.2, 0.25) is 0 Å². The van der Waals surface area contributed by atoms with E-state index in [1.54, 1.807) is 0 Å². The van der Waals surface area contributed by atoms with Gasteiger partial charge in [0.25, 0.3) is 0 Å². The Balaban J connectivity index is 3.69. The fourth-order valence-corrected chi connectivity index (χ4v) is 1.52. The Bertz CT molecular complexity index is 167. The van der Waals surface area contributed by atoms with Crippen molar-refractivity contribution in [1.29, 1.82) is 0 Å². The molecule has 0 heterocycles. The minimum Gasteiger partial charge on any atom is -0.103 e. The average molecular weight is 180 g/mol. The van der Waals surface area contributed by atoms with E-state index in [1.165, 1.54) is 24.8 Å². The summed E-state index contributed by atoms with van der Waals surface area (Å²) in [6, 6.07) is 0. The van der Waals surface area contributed by atoms with Gasteiger partial charge in [0, 0.05) is 0 Å². The molecule has 0 spiro atoms. The lowest BCUT2D eigenvalue weighted by molar-refractivity contribution is 0.409. The summed E-state index contributed by atoms with van der Waals surface area (Å²) < 4.78 is 0. The maximum absolute atomic E-state index is 3.72. The van der Waals surface area contributed by atoms with Crippen LogP contribution in [0.1, 0.15) is 53.4 Å². The highest BCUT2D eigenvalue weighted by atomic mass is 14.1. The zero-order chi connectivity index (χ0) is 10.3. The van der Waals surface area contributed by atoms with Crippen molar-refractivity contribution in [3.05, 3.63) is 24.3 Å². The number of unbranched alkanes of at least 4 members (excludes halogenated alkanes) is 2. The summed E-state index contributed by atoms with van der Waals surface area (Å²) in [6.45, 7) is 12.8. The number of allylic oxidation sites excluding steroid dienone is 3. The highest BCUT2D eigenvalue weighted by Crippen LogP contribution is 2.23. The number of rotatable bonds is 5. The second-order valence-electron chi connectivity index (χ2n) is 5.01. The Morgan fingerprint density at radius 2 is 1.85 bits per heavy atom. The fraction of sp³-hybridized carbons (Fsp3) is 0.692. The van der Waals surface area contributed by atoms with Gasteiger partial charge in [-0.15, -0.1) is 6.58 Å². The van der Waals surface area contributed by atoms with Crippen LogP contribution >= 0.6 is 0 Å². The standard InChI is InChI=1S/C13H24/c1-6-7-8-9-10-12(2)11-13(3,4)5/h6,10H,1,7-9,11H2,2-5H3. The van der Waals surface area contributed by atoms with E-state index in [2.05, 4.69) is 40.3 Å². The van der Waals surface area contributed by atoms with Crippen molar-refractivity contribution in [2.24, 2.45) is 5.41 Å². The predicted molar refractivity (Wildman–Crippen MR) is 61.9 cm³/mol. The average Bonchev–Trinajstić information content (AvgIpc) is 1.94. The lowest BCUT2D eigenvalue weighted by Crippen LogP contribution is -2.04. The van der Waals surface area contributed by atoms with Gasteiger partial charge in [0.15, 0.2) is 0 Å². The molecule has 0 rings (SSSR count). The second-order valence-corrected chi connectivity index (χ2v) is 5.01. The first-order valence-corrected chi connectivity index (χ1v) is 5.22. The Morgan fingerprint density at radius 3 is 2.31 bits per heavy atom. The number of hydrogen-bond donors (Lipinski definition) is 0. The van der Waals surface area contributed by atoms with E-state index >= 15 is 0 Å². The van der Waals surface area contributed by atoms with Crippen LogP contribution < -0.4 is 0 Å². The van der Waals surface area contributed by atoms with Gasteiger partial charge >= 0.3 is 0 Å². The van der Waals surface area contributed by atoms with Crippen LogP contribution in [0.3, 0.4) is 0 Å². The van der Waals surface area contributed by atoms with Gasteiger partial charge in [0.05, 0.1) is 0 Å². The van der Waals surface area contributed by atoms with Gasteiger partial charge in [-0.25, -0.2) is 0 Å². The minimum atomic E-state index is 0.430. The van der Waals surface area contributed by atoms with E-state index in [0.717, 1.165) is 6.42 Å². The third kappa shape index (κ3) is 9.39. The van der Waals surface area contributed by atoms with Crippen molar-refractivity contribution in [1.82, 2.24) is 0 Å². The van der Waals surface area contributed by atoms with Gasteiger partial charge in [-0.1, -0.05) is 38.5 Å². The van der Waals surface area contributed by atoms with Crippen LogP contribution in [0.25, 0.3) is 0 Å². The minimum absolute atomic E-state index is 0.430. The zero-order valence-electron chi connectivity index (χ0n) is 9.69. The molecule has 0 unspecified atom stereocenters. The van der Waals surface area contributed by atoms with Crippen molar-refractivity contribution in [3.8, 4) is 0 Å². The Hall–Kier alpha value is -0.520. The van der Waals surface area contributed by atoms with Gasteiger partial charge in [-0.2, -0.15) is 0 Å². The molecule has 0 atom stereocenters. The van der Waals surface area contributed by atoms with Gasteiger partial charge in [-0.05, 0) is 38.0 Å². The van der Waals surface area contributed by atoms with Crippen LogP contribution in [-0.4, -0.2) is 0 Å². The quantitative estimate of drug-likeness (QED) is 0.424. The molecule has 0 nitrogen and oxygen atoms in total. The summed E-state index contributed by atoms with van der Waals surface area (Å²) in [5.41, 5.74) is 1.95. The third-order valence-corrected chi connectivity index (χ3v) is 1.91. The first kappa shape index (κ1) is 12.5. The first-order valence-electron chi connectivity index (χ1n) is 5.22. The van der Waals surface area contributed by atoms with Crippen LogP contribution in [-0.2, 0) is 0 Å². The van der Waals surface area contributed by atoms with Gasteiger partial charge in [0.1, 0.15) is 0 Å². The maximum atomic E-state index is 3.72. The normalized spacial score (nSPS) is 13.1. The molecule has 0 bridgehead atoms. The van der Waals surface area contributed by atoms with Crippen molar-refractivity contribution < 1.29 is 0 Å². The molecule has 0 aromatic heterocycles. The molecule has 0 saturated carbocycles. The van der Waals surface area contributed by atoms with E-state index in [4.69, 9.17) is 0 Å². The third-order valence-electron chi connectivity index (χ3n) is 1.91. The SMILES string of the molecule is C=CCCCC=C(C)CC(C)(C)C. The monoisotopic (exact) mass is 180 g/mol. The summed E-state index contributed by atoms with van der Waals surface area (Å²) >= 11 is 0. The molecule has 13 heavy (non-hydrogen) atoms. The fourth-order valence-electron chi connectivity index (χ4n) is 1.52. The van der Waals surface area contributed by atoms with E-state index < -0.39 is 0 Å². The molecule has 76 valence electrons. The van der Waals surface area contributed by atoms with Crippen molar-refractivity contribution in [2.75, 3.05) is 0 Å². The zero-order valence-corrected chi connectivity index (χ0v) is 9.69. The van der Waals surface area contributed by atoms with Crippen molar-refractivity contribution in [2.45, 2.75) is 53.4 Å².